The minimum Gasteiger partial charge on any atom is -0.481 e. The number of carboxylic acid groups (broad SMARTS) is 2. The molecule has 252 valence electrons. The molecule has 0 radical (unpaired) electrons. The number of aliphatic hydroxyl groups excluding tert-OH is 1. The van der Waals surface area contributed by atoms with E-state index in [1.807, 2.05) is 0 Å². The van der Waals surface area contributed by atoms with Gasteiger partial charge in [-0.25, -0.2) is 4.79 Å². The Morgan fingerprint density at radius 1 is 0.727 bits per heavy atom. The number of nitrogens with one attached hydrogen (secondary N) is 4. The molecule has 0 unspecified atom stereocenters. The van der Waals surface area contributed by atoms with E-state index in [-0.39, 0.29) is 25.3 Å². The molecule has 44 heavy (non-hydrogen) atoms. The third-order valence-corrected chi connectivity index (χ3v) is 7.22. The first-order valence-electron chi connectivity index (χ1n) is 14.6. The van der Waals surface area contributed by atoms with Gasteiger partial charge in [0.05, 0.1) is 12.1 Å². The fourth-order valence-electron chi connectivity index (χ4n) is 4.00. The van der Waals surface area contributed by atoms with Crippen LogP contribution in [0.15, 0.2) is 4.99 Å². The maximum absolute atomic E-state index is 13.4. The van der Waals surface area contributed by atoms with Gasteiger partial charge in [-0.15, -0.1) is 0 Å². The van der Waals surface area contributed by atoms with Crippen LogP contribution in [0.2, 0.25) is 0 Å². The van der Waals surface area contributed by atoms with E-state index in [4.69, 9.17) is 17.2 Å². The maximum Gasteiger partial charge on any atom is 0.328 e. The Kier molecular flexibility index (Phi) is 18.2. The molecule has 0 spiro atoms. The molecule has 0 aliphatic rings. The summed E-state index contributed by atoms with van der Waals surface area (Å²) in [7, 11) is 0. The number of aliphatic carboxylic acids is 2. The number of rotatable bonds is 21. The van der Waals surface area contributed by atoms with Gasteiger partial charge in [-0.3, -0.25) is 29.0 Å². The predicted octanol–water partition coefficient (Wildman–Crippen LogP) is -2.27. The Labute approximate surface area is 257 Å². The second kappa shape index (κ2) is 20.1. The summed E-state index contributed by atoms with van der Waals surface area (Å²) in [4.78, 5) is 79.2. The number of aliphatic imine (C=N–C) groups is 1. The number of amides is 4. The maximum atomic E-state index is 13.4. The number of hydrogen-bond donors (Lipinski definition) is 10. The molecule has 13 N–H and O–H groups in total. The third-order valence-electron chi connectivity index (χ3n) is 7.22. The van der Waals surface area contributed by atoms with E-state index in [0.29, 0.717) is 19.3 Å². The summed E-state index contributed by atoms with van der Waals surface area (Å²) in [6.45, 7) is 8.28. The summed E-state index contributed by atoms with van der Waals surface area (Å²) < 4.78 is 0. The SMILES string of the molecule is CC[C@H](C)[C@H](NC(=O)[C@H](CCC(=O)O)NC(=O)[C@@H](NC(=O)[C@@H](N)CCCN=C(N)N)[C@@H](C)CC)C(=O)N[C@H](C(=O)O)[C@@H](C)O. The van der Waals surface area contributed by atoms with Crippen molar-refractivity contribution >= 4 is 41.5 Å². The molecular weight excluding hydrogens is 580 g/mol. The average Bonchev–Trinajstić information content (AvgIpc) is 2.95. The molecule has 8 atom stereocenters. The fourth-order valence-corrected chi connectivity index (χ4v) is 4.00. The van der Waals surface area contributed by atoms with E-state index < -0.39 is 90.1 Å². The number of nitrogens with two attached hydrogens (primary N) is 3. The molecule has 0 aromatic heterocycles. The summed E-state index contributed by atoms with van der Waals surface area (Å²) in [5, 5.41) is 38.1. The van der Waals surface area contributed by atoms with Gasteiger partial charge in [0.1, 0.15) is 18.1 Å². The van der Waals surface area contributed by atoms with E-state index in [1.54, 1.807) is 27.7 Å². The second-order valence-corrected chi connectivity index (χ2v) is 10.9. The number of guanidine groups is 1. The minimum absolute atomic E-state index is 0.0988. The molecule has 0 aliphatic carbocycles. The molecule has 0 aromatic rings. The molecule has 0 saturated carbocycles. The highest BCUT2D eigenvalue weighted by Gasteiger charge is 2.35. The molecule has 4 amide bonds. The van der Waals surface area contributed by atoms with Crippen LogP contribution in [0.1, 0.15) is 73.1 Å². The summed E-state index contributed by atoms with van der Waals surface area (Å²) >= 11 is 0. The minimum atomic E-state index is -1.65. The van der Waals surface area contributed by atoms with Crippen LogP contribution in [-0.2, 0) is 28.8 Å². The lowest BCUT2D eigenvalue weighted by Gasteiger charge is -2.30. The Morgan fingerprint density at radius 3 is 1.64 bits per heavy atom. The van der Waals surface area contributed by atoms with Crippen LogP contribution >= 0.6 is 0 Å². The van der Waals surface area contributed by atoms with Gasteiger partial charge in [-0.2, -0.15) is 0 Å². The Balaban J connectivity index is 5.93. The van der Waals surface area contributed by atoms with Gasteiger partial charge in [0.25, 0.3) is 0 Å². The van der Waals surface area contributed by atoms with Crippen LogP contribution in [-0.4, -0.2) is 99.7 Å². The summed E-state index contributed by atoms with van der Waals surface area (Å²) in [6, 6.07) is -6.47. The number of hydrogen-bond acceptors (Lipinski definition) is 9. The molecule has 0 saturated heterocycles. The summed E-state index contributed by atoms with van der Waals surface area (Å²) in [6.07, 6.45) is -0.843. The zero-order valence-electron chi connectivity index (χ0n) is 26.0. The van der Waals surface area contributed by atoms with Crippen LogP contribution in [0, 0.1) is 11.8 Å². The fraction of sp³-hybridized carbons (Fsp3) is 0.741. The van der Waals surface area contributed by atoms with Crippen molar-refractivity contribution in [3.8, 4) is 0 Å². The third kappa shape index (κ3) is 14.5. The van der Waals surface area contributed by atoms with E-state index in [0.717, 1.165) is 0 Å². The average molecular weight is 631 g/mol. The van der Waals surface area contributed by atoms with Crippen molar-refractivity contribution < 1.29 is 44.1 Å². The molecule has 0 rings (SSSR count). The Morgan fingerprint density at radius 2 is 1.20 bits per heavy atom. The first-order valence-corrected chi connectivity index (χ1v) is 14.6. The molecule has 0 fully saturated rings. The van der Waals surface area contributed by atoms with E-state index in [9.17, 15) is 44.1 Å². The van der Waals surface area contributed by atoms with Crippen molar-refractivity contribution in [1.29, 1.82) is 0 Å². The highest BCUT2D eigenvalue weighted by atomic mass is 16.4. The van der Waals surface area contributed by atoms with Crippen molar-refractivity contribution in [2.75, 3.05) is 6.54 Å². The molecule has 0 aliphatic heterocycles. The lowest BCUT2D eigenvalue weighted by atomic mass is 9.96. The monoisotopic (exact) mass is 630 g/mol. The van der Waals surface area contributed by atoms with E-state index >= 15 is 0 Å². The van der Waals surface area contributed by atoms with E-state index in [1.165, 1.54) is 6.92 Å². The molecular formula is C27H50N8O9. The van der Waals surface area contributed by atoms with E-state index in [2.05, 4.69) is 26.3 Å². The predicted molar refractivity (Wildman–Crippen MR) is 161 cm³/mol. The smallest absolute Gasteiger partial charge is 0.328 e. The Bertz CT molecular complexity index is 1020. The van der Waals surface area contributed by atoms with Gasteiger partial charge < -0.3 is 53.8 Å². The molecule has 0 aromatic carbocycles. The standard InChI is InChI=1S/C27H50N8O9/c1-6-13(3)19(33-22(39)16(28)9-8-12-31-27(29)30)24(41)32-17(10-11-18(37)38)23(40)34-20(14(4)7-2)25(42)35-21(15(5)36)26(43)44/h13-17,19-21,36H,6-12,28H2,1-5H3,(H,32,41)(H,33,39)(H,34,40)(H,35,42)(H,37,38)(H,43,44)(H4,29,30,31)/t13-,14-,15+,16-,17-,19-,20-,21-/m0/s1. The largest absolute Gasteiger partial charge is 0.481 e. The highest BCUT2D eigenvalue weighted by Crippen LogP contribution is 2.13. The first kappa shape index (κ1) is 40.0. The first-order chi connectivity index (χ1) is 20.5. The molecule has 17 heteroatoms. The molecule has 0 bridgehead atoms. The van der Waals surface area contributed by atoms with Crippen molar-refractivity contribution in [3.05, 3.63) is 0 Å². The summed E-state index contributed by atoms with van der Waals surface area (Å²) in [5.74, 6) is -6.93. The van der Waals surface area contributed by atoms with Crippen LogP contribution in [0.4, 0.5) is 0 Å². The number of aliphatic hydroxyl groups is 1. The van der Waals surface area contributed by atoms with Gasteiger partial charge >= 0.3 is 11.9 Å². The lowest BCUT2D eigenvalue weighted by molar-refractivity contribution is -0.145. The lowest BCUT2D eigenvalue weighted by Crippen LogP contribution is -2.61. The van der Waals surface area contributed by atoms with Gasteiger partial charge in [0, 0.05) is 13.0 Å². The zero-order valence-corrected chi connectivity index (χ0v) is 26.0. The topological polar surface area (TPSA) is 302 Å². The van der Waals surface area contributed by atoms with Crippen molar-refractivity contribution in [2.45, 2.75) is 109 Å². The summed E-state index contributed by atoms with van der Waals surface area (Å²) in [5.41, 5.74) is 16.5. The van der Waals surface area contributed by atoms with Crippen LogP contribution < -0.4 is 38.5 Å². The molecule has 0 heterocycles. The van der Waals surface area contributed by atoms with Crippen LogP contribution in [0.25, 0.3) is 0 Å². The number of carbonyl (C=O) groups is 6. The highest BCUT2D eigenvalue weighted by molar-refractivity contribution is 5.95. The number of carboxylic acids is 2. The van der Waals surface area contributed by atoms with Crippen molar-refractivity contribution in [3.63, 3.8) is 0 Å². The number of nitrogens with zero attached hydrogens (tertiary/aromatic N) is 1. The normalized spacial score (nSPS) is 16.4. The van der Waals surface area contributed by atoms with Gasteiger partial charge in [-0.1, -0.05) is 40.5 Å². The zero-order chi connectivity index (χ0) is 34.1. The van der Waals surface area contributed by atoms with Crippen molar-refractivity contribution in [2.24, 2.45) is 34.0 Å². The van der Waals surface area contributed by atoms with Crippen LogP contribution in [0.5, 0.6) is 0 Å². The quantitative estimate of drug-likeness (QED) is 0.0365. The second-order valence-electron chi connectivity index (χ2n) is 10.9. The van der Waals surface area contributed by atoms with Gasteiger partial charge in [0.2, 0.25) is 23.6 Å². The Hall–Kier alpha value is -3.99. The molecule has 17 nitrogen and oxygen atoms in total. The van der Waals surface area contributed by atoms with Gasteiger partial charge in [0.15, 0.2) is 12.0 Å². The van der Waals surface area contributed by atoms with Crippen molar-refractivity contribution in [1.82, 2.24) is 21.3 Å². The number of carbonyl (C=O) groups excluding carboxylic acids is 4. The van der Waals surface area contributed by atoms with Crippen LogP contribution in [0.3, 0.4) is 0 Å². The van der Waals surface area contributed by atoms with Gasteiger partial charge in [-0.05, 0) is 38.0 Å².